The summed E-state index contributed by atoms with van der Waals surface area (Å²) in [5.41, 5.74) is 0.802. The predicted octanol–water partition coefficient (Wildman–Crippen LogP) is 4.30. The van der Waals surface area contributed by atoms with E-state index in [0.717, 1.165) is 28.9 Å². The Morgan fingerprint density at radius 2 is 1.80 bits per heavy atom. The van der Waals surface area contributed by atoms with Gasteiger partial charge in [-0.25, -0.2) is 18.1 Å². The van der Waals surface area contributed by atoms with Crippen molar-refractivity contribution in [1.29, 1.82) is 0 Å². The number of anilines is 2. The first-order valence-electron chi connectivity index (χ1n) is 10.7. The molecule has 35 heavy (non-hydrogen) atoms. The largest absolute Gasteiger partial charge is 0.573 e. The number of hydrogen-bond donors (Lipinski definition) is 1. The van der Waals surface area contributed by atoms with Crippen LogP contribution < -0.4 is 19.3 Å². The molecule has 2 heterocycles. The Balaban J connectivity index is 1.49. The highest BCUT2D eigenvalue weighted by Gasteiger charge is 2.35. The molecule has 1 aromatic heterocycles. The van der Waals surface area contributed by atoms with Gasteiger partial charge in [0.05, 0.1) is 5.52 Å². The van der Waals surface area contributed by atoms with Crippen LogP contribution in [0.1, 0.15) is 12.8 Å². The van der Waals surface area contributed by atoms with Crippen molar-refractivity contribution in [3.05, 3.63) is 46.9 Å². The quantitative estimate of drug-likeness (QED) is 0.470. The third-order valence-corrected chi connectivity index (χ3v) is 7.57. The van der Waals surface area contributed by atoms with Gasteiger partial charge in [-0.15, -0.1) is 13.2 Å². The van der Waals surface area contributed by atoms with Crippen molar-refractivity contribution >= 4 is 48.6 Å². The van der Waals surface area contributed by atoms with Gasteiger partial charge in [-0.1, -0.05) is 28.1 Å². The van der Waals surface area contributed by atoms with Gasteiger partial charge in [0.25, 0.3) is 0 Å². The van der Waals surface area contributed by atoms with E-state index in [1.807, 2.05) is 48.2 Å². The van der Waals surface area contributed by atoms with E-state index in [1.54, 1.807) is 0 Å². The molecule has 1 aliphatic heterocycles. The lowest BCUT2D eigenvalue weighted by Gasteiger charge is -2.33. The summed E-state index contributed by atoms with van der Waals surface area (Å²) in [7, 11) is -0.458. The highest BCUT2D eigenvalue weighted by molar-refractivity contribution is 9.10. The zero-order valence-corrected chi connectivity index (χ0v) is 21.3. The van der Waals surface area contributed by atoms with Gasteiger partial charge in [0, 0.05) is 43.1 Å². The monoisotopic (exact) mass is 573 g/mol. The fourth-order valence-electron chi connectivity index (χ4n) is 3.92. The molecule has 0 radical (unpaired) electrons. The first-order chi connectivity index (χ1) is 16.4. The molecule has 0 bridgehead atoms. The number of halogens is 4. The Bertz CT molecular complexity index is 1330. The lowest BCUT2D eigenvalue weighted by atomic mass is 10.1. The minimum absolute atomic E-state index is 0.261. The third-order valence-electron chi connectivity index (χ3n) is 5.52. The average molecular weight is 574 g/mol. The van der Waals surface area contributed by atoms with Gasteiger partial charge in [0.1, 0.15) is 10.7 Å². The number of benzene rings is 2. The minimum Gasteiger partial charge on any atom is -0.404 e. The van der Waals surface area contributed by atoms with E-state index >= 15 is 0 Å². The van der Waals surface area contributed by atoms with E-state index in [0.29, 0.717) is 31.9 Å². The molecule has 1 saturated heterocycles. The summed E-state index contributed by atoms with van der Waals surface area (Å²) in [6, 6.07) is 10.6. The molecule has 2 aromatic carbocycles. The van der Waals surface area contributed by atoms with Crippen molar-refractivity contribution in [2.24, 2.45) is 0 Å². The molecular formula is C22H23BrF3N5O3S. The van der Waals surface area contributed by atoms with Crippen LogP contribution in [0.4, 0.5) is 24.9 Å². The van der Waals surface area contributed by atoms with Crippen LogP contribution in [0.2, 0.25) is 0 Å². The summed E-state index contributed by atoms with van der Waals surface area (Å²) in [5, 5.41) is 0.926. The van der Waals surface area contributed by atoms with Crippen molar-refractivity contribution in [1.82, 2.24) is 14.7 Å². The number of ether oxygens (including phenoxy) is 1. The van der Waals surface area contributed by atoms with Crippen LogP contribution in [0.15, 0.2) is 51.8 Å². The molecule has 13 heteroatoms. The molecule has 4 rings (SSSR count). The van der Waals surface area contributed by atoms with Crippen LogP contribution in [0, 0.1) is 0 Å². The maximum Gasteiger partial charge on any atom is 0.573 e. The second-order valence-corrected chi connectivity index (χ2v) is 10.9. The molecular weight excluding hydrogens is 551 g/mol. The molecule has 188 valence electrons. The van der Waals surface area contributed by atoms with Crippen LogP contribution in [0.25, 0.3) is 10.9 Å². The first-order valence-corrected chi connectivity index (χ1v) is 13.0. The number of aromatic nitrogens is 2. The van der Waals surface area contributed by atoms with Crippen molar-refractivity contribution in [3.63, 3.8) is 0 Å². The standard InChI is InChI=1S/C22H23BrF3N5O3S/c1-30(2)20-16-5-3-4-6-17(16)27-21(28-20)31-11-9-15(10-12-31)29-35(32,33)19-8-7-14(23)13-18(19)34-22(24,25)26/h3-8,13,15,29H,9-12H2,1-2H3. The topological polar surface area (TPSA) is 87.7 Å². The summed E-state index contributed by atoms with van der Waals surface area (Å²) >= 11 is 3.04. The SMILES string of the molecule is CN(C)c1nc(N2CCC(NS(=O)(=O)c3ccc(Br)cc3OC(F)(F)F)CC2)nc2ccccc12. The Labute approximate surface area is 209 Å². The lowest BCUT2D eigenvalue weighted by molar-refractivity contribution is -0.275. The van der Waals surface area contributed by atoms with Crippen molar-refractivity contribution in [3.8, 4) is 5.75 Å². The number of rotatable bonds is 6. The number of piperidine rings is 1. The van der Waals surface area contributed by atoms with E-state index in [9.17, 15) is 21.6 Å². The number of fused-ring (bicyclic) bond motifs is 1. The molecule has 0 unspecified atom stereocenters. The second-order valence-electron chi connectivity index (χ2n) is 8.28. The number of sulfonamides is 1. The molecule has 1 fully saturated rings. The fourth-order valence-corrected chi connectivity index (χ4v) is 5.67. The molecule has 8 nitrogen and oxygen atoms in total. The Morgan fingerprint density at radius 3 is 2.46 bits per heavy atom. The Hall–Kier alpha value is -2.64. The van der Waals surface area contributed by atoms with Gasteiger partial charge in [0.15, 0.2) is 5.75 Å². The van der Waals surface area contributed by atoms with Crippen LogP contribution in [-0.2, 0) is 10.0 Å². The predicted molar refractivity (Wildman–Crippen MR) is 130 cm³/mol. The highest BCUT2D eigenvalue weighted by Crippen LogP contribution is 2.33. The molecule has 3 aromatic rings. The normalized spacial score (nSPS) is 15.4. The summed E-state index contributed by atoms with van der Waals surface area (Å²) in [6.07, 6.45) is -4.17. The molecule has 0 spiro atoms. The molecule has 0 atom stereocenters. The highest BCUT2D eigenvalue weighted by atomic mass is 79.9. The van der Waals surface area contributed by atoms with Gasteiger partial charge < -0.3 is 14.5 Å². The maximum absolute atomic E-state index is 12.9. The first kappa shape index (κ1) is 25.5. The molecule has 0 amide bonds. The minimum atomic E-state index is -5.03. The second kappa shape index (κ2) is 9.78. The lowest BCUT2D eigenvalue weighted by Crippen LogP contribution is -2.45. The Morgan fingerprint density at radius 1 is 1.11 bits per heavy atom. The Kier molecular flexibility index (Phi) is 7.11. The van der Waals surface area contributed by atoms with Gasteiger partial charge in [-0.05, 0) is 43.2 Å². The van der Waals surface area contributed by atoms with Gasteiger partial charge in [-0.3, -0.25) is 0 Å². The third kappa shape index (κ3) is 5.96. The van der Waals surface area contributed by atoms with E-state index < -0.39 is 33.1 Å². The van der Waals surface area contributed by atoms with E-state index in [4.69, 9.17) is 4.98 Å². The zero-order chi connectivity index (χ0) is 25.4. The number of alkyl halides is 3. The van der Waals surface area contributed by atoms with Gasteiger partial charge >= 0.3 is 6.36 Å². The summed E-state index contributed by atoms with van der Waals surface area (Å²) < 4.78 is 71.0. The molecule has 1 N–H and O–H groups in total. The summed E-state index contributed by atoms with van der Waals surface area (Å²) in [5.74, 6) is 0.529. The van der Waals surface area contributed by atoms with E-state index in [-0.39, 0.29) is 4.47 Å². The molecule has 0 aliphatic carbocycles. The zero-order valence-electron chi connectivity index (χ0n) is 18.9. The van der Waals surface area contributed by atoms with Crippen LogP contribution in [0.3, 0.4) is 0 Å². The van der Waals surface area contributed by atoms with Gasteiger partial charge in [0.2, 0.25) is 16.0 Å². The number of nitrogens with one attached hydrogen (secondary N) is 1. The van der Waals surface area contributed by atoms with Crippen molar-refractivity contribution in [2.75, 3.05) is 37.0 Å². The van der Waals surface area contributed by atoms with E-state index in [1.165, 1.54) is 6.07 Å². The van der Waals surface area contributed by atoms with Crippen LogP contribution >= 0.6 is 15.9 Å². The summed E-state index contributed by atoms with van der Waals surface area (Å²) in [6.45, 7) is 0.954. The number of hydrogen-bond acceptors (Lipinski definition) is 7. The van der Waals surface area contributed by atoms with Crippen LogP contribution in [0.5, 0.6) is 5.75 Å². The summed E-state index contributed by atoms with van der Waals surface area (Å²) in [4.78, 5) is 12.7. The van der Waals surface area contributed by atoms with E-state index in [2.05, 4.69) is 30.4 Å². The fraction of sp³-hybridized carbons (Fsp3) is 0.364. The van der Waals surface area contributed by atoms with Crippen molar-refractivity contribution < 1.29 is 26.3 Å². The molecule has 0 saturated carbocycles. The van der Waals surface area contributed by atoms with Gasteiger partial charge in [-0.2, -0.15) is 4.98 Å². The number of para-hydroxylation sites is 1. The van der Waals surface area contributed by atoms with Crippen LogP contribution in [-0.4, -0.2) is 58.0 Å². The molecule has 1 aliphatic rings. The maximum atomic E-state index is 12.9. The average Bonchev–Trinajstić information content (AvgIpc) is 2.77. The number of nitrogens with zero attached hydrogens (tertiary/aromatic N) is 4. The van der Waals surface area contributed by atoms with Crippen molar-refractivity contribution in [2.45, 2.75) is 30.1 Å². The smallest absolute Gasteiger partial charge is 0.404 e.